The van der Waals surface area contributed by atoms with Crippen molar-refractivity contribution in [2.75, 3.05) is 0 Å². The topological polar surface area (TPSA) is 38.7 Å². The second kappa shape index (κ2) is 9.64. The van der Waals surface area contributed by atoms with E-state index in [1.54, 1.807) is 0 Å². The molecule has 0 spiro atoms. The van der Waals surface area contributed by atoms with Crippen molar-refractivity contribution < 1.29 is 13.2 Å². The van der Waals surface area contributed by atoms with Crippen molar-refractivity contribution in [3.8, 4) is 11.4 Å². The molecule has 3 nitrogen and oxygen atoms in total. The van der Waals surface area contributed by atoms with Crippen LogP contribution in [-0.2, 0) is 19.0 Å². The van der Waals surface area contributed by atoms with Gasteiger partial charge < -0.3 is 0 Å². The molecule has 2 aromatic rings. The van der Waals surface area contributed by atoms with E-state index in [1.807, 2.05) is 0 Å². The van der Waals surface area contributed by atoms with Crippen molar-refractivity contribution in [3.05, 3.63) is 41.5 Å². The largest absolute Gasteiger partial charge is 0.416 e. The Balaban J connectivity index is 2.26. The van der Waals surface area contributed by atoms with Crippen LogP contribution < -0.4 is 0 Å². The van der Waals surface area contributed by atoms with Crippen LogP contribution in [0.15, 0.2) is 24.3 Å². The molecule has 0 radical (unpaired) electrons. The Morgan fingerprint density at radius 1 is 0.731 bits per heavy atom. The van der Waals surface area contributed by atoms with Crippen molar-refractivity contribution in [1.29, 1.82) is 0 Å². The quantitative estimate of drug-likeness (QED) is 0.510. The van der Waals surface area contributed by atoms with Crippen molar-refractivity contribution in [3.63, 3.8) is 0 Å². The van der Waals surface area contributed by atoms with Crippen LogP contribution in [0, 0.1) is 0 Å². The van der Waals surface area contributed by atoms with E-state index in [0.29, 0.717) is 11.4 Å². The zero-order valence-corrected chi connectivity index (χ0v) is 15.4. The van der Waals surface area contributed by atoms with Crippen molar-refractivity contribution >= 4 is 0 Å². The molecule has 26 heavy (non-hydrogen) atoms. The Labute approximate surface area is 153 Å². The highest BCUT2D eigenvalue weighted by Crippen LogP contribution is 2.30. The van der Waals surface area contributed by atoms with E-state index >= 15 is 0 Å². The lowest BCUT2D eigenvalue weighted by atomic mass is 10.1. The number of unbranched alkanes of at least 4 members (excludes halogenated alkanes) is 4. The lowest BCUT2D eigenvalue weighted by molar-refractivity contribution is -0.137. The Morgan fingerprint density at radius 2 is 1.23 bits per heavy atom. The van der Waals surface area contributed by atoms with Gasteiger partial charge in [-0.2, -0.15) is 13.2 Å². The highest BCUT2D eigenvalue weighted by atomic mass is 19.4. The summed E-state index contributed by atoms with van der Waals surface area (Å²) in [4.78, 5) is 13.5. The van der Waals surface area contributed by atoms with Gasteiger partial charge in [0.25, 0.3) is 0 Å². The third kappa shape index (κ3) is 6.07. The number of rotatable bonds is 9. The first kappa shape index (κ1) is 20.3. The van der Waals surface area contributed by atoms with Crippen LogP contribution >= 0.6 is 0 Å². The van der Waals surface area contributed by atoms with Crippen LogP contribution in [0.3, 0.4) is 0 Å². The van der Waals surface area contributed by atoms with Gasteiger partial charge in [-0.1, -0.05) is 51.7 Å². The fourth-order valence-electron chi connectivity index (χ4n) is 2.70. The maximum absolute atomic E-state index is 12.8. The average molecular weight is 365 g/mol. The van der Waals surface area contributed by atoms with E-state index < -0.39 is 11.7 Å². The van der Waals surface area contributed by atoms with E-state index in [9.17, 15) is 13.2 Å². The fourth-order valence-corrected chi connectivity index (χ4v) is 2.70. The van der Waals surface area contributed by atoms with Gasteiger partial charge in [-0.05, 0) is 25.0 Å². The third-order valence-corrected chi connectivity index (χ3v) is 4.21. The lowest BCUT2D eigenvalue weighted by Gasteiger charge is -2.09. The molecule has 0 unspecified atom stereocenters. The predicted molar refractivity (Wildman–Crippen MR) is 96.7 cm³/mol. The minimum Gasteiger partial charge on any atom is -0.218 e. The Morgan fingerprint density at radius 3 is 1.65 bits per heavy atom. The van der Waals surface area contributed by atoms with Gasteiger partial charge in [-0.15, -0.1) is 0 Å². The zero-order valence-electron chi connectivity index (χ0n) is 15.4. The Hall–Kier alpha value is -1.98. The molecule has 0 fully saturated rings. The number of aryl methyl sites for hydroxylation is 2. The Kier molecular flexibility index (Phi) is 7.54. The Bertz CT molecular complexity index is 653. The first-order valence-electron chi connectivity index (χ1n) is 9.35. The predicted octanol–water partition coefficient (Wildman–Crippen LogP) is 6.02. The number of halogens is 3. The molecule has 0 aliphatic carbocycles. The highest BCUT2D eigenvalue weighted by Gasteiger charge is 2.30. The first-order chi connectivity index (χ1) is 12.4. The van der Waals surface area contributed by atoms with Crippen LogP contribution in [0.4, 0.5) is 13.2 Å². The highest BCUT2D eigenvalue weighted by molar-refractivity contribution is 5.55. The van der Waals surface area contributed by atoms with Gasteiger partial charge >= 0.3 is 6.18 Å². The molecule has 1 aromatic heterocycles. The molecule has 0 atom stereocenters. The molecule has 142 valence electrons. The summed E-state index contributed by atoms with van der Waals surface area (Å²) in [6.07, 6.45) is 3.63. The molecule has 0 amide bonds. The standard InChI is InChI=1S/C20H26F3N3/c1-3-5-7-9-17-24-18(10-8-6-4-2)26-19(25-17)15-11-13-16(14-12-15)20(21,22)23/h11-14H,3-10H2,1-2H3. The van der Waals surface area contributed by atoms with E-state index in [4.69, 9.17) is 0 Å². The first-order valence-corrected chi connectivity index (χ1v) is 9.35. The average Bonchev–Trinajstić information content (AvgIpc) is 2.61. The minimum atomic E-state index is -4.34. The molecular weight excluding hydrogens is 339 g/mol. The number of hydrogen-bond acceptors (Lipinski definition) is 3. The van der Waals surface area contributed by atoms with Gasteiger partial charge in [0.05, 0.1) is 5.56 Å². The SMILES string of the molecule is CCCCCc1nc(CCCCC)nc(-c2ccc(C(F)(F)F)cc2)n1. The lowest BCUT2D eigenvalue weighted by Crippen LogP contribution is -2.07. The van der Waals surface area contributed by atoms with E-state index in [0.717, 1.165) is 75.1 Å². The molecule has 2 rings (SSSR count). The summed E-state index contributed by atoms with van der Waals surface area (Å²) >= 11 is 0. The van der Waals surface area contributed by atoms with Crippen molar-refractivity contribution in [2.24, 2.45) is 0 Å². The summed E-state index contributed by atoms with van der Waals surface area (Å²) in [5.74, 6) is 1.93. The monoisotopic (exact) mass is 365 g/mol. The molecule has 1 aromatic carbocycles. The van der Waals surface area contributed by atoms with Crippen LogP contribution in [0.5, 0.6) is 0 Å². The van der Waals surface area contributed by atoms with Crippen molar-refractivity contribution in [1.82, 2.24) is 15.0 Å². The summed E-state index contributed by atoms with van der Waals surface area (Å²) in [6.45, 7) is 4.27. The van der Waals surface area contributed by atoms with E-state index in [2.05, 4.69) is 28.8 Å². The summed E-state index contributed by atoms with van der Waals surface area (Å²) in [5, 5.41) is 0. The smallest absolute Gasteiger partial charge is 0.218 e. The number of benzene rings is 1. The second-order valence-electron chi connectivity index (χ2n) is 6.48. The van der Waals surface area contributed by atoms with Gasteiger partial charge in [0.15, 0.2) is 5.82 Å². The summed E-state index contributed by atoms with van der Waals surface area (Å²) in [5.41, 5.74) is -0.0736. The summed E-state index contributed by atoms with van der Waals surface area (Å²) in [6, 6.07) is 5.02. The molecule has 0 aliphatic heterocycles. The molecule has 0 bridgehead atoms. The zero-order chi connectivity index (χ0) is 19.0. The van der Waals surface area contributed by atoms with Crippen LogP contribution in [-0.4, -0.2) is 15.0 Å². The minimum absolute atomic E-state index is 0.465. The molecule has 0 saturated heterocycles. The van der Waals surface area contributed by atoms with Crippen LogP contribution in [0.25, 0.3) is 11.4 Å². The molecule has 1 heterocycles. The summed E-state index contributed by atoms with van der Waals surface area (Å²) in [7, 11) is 0. The van der Waals surface area contributed by atoms with E-state index in [1.165, 1.54) is 12.1 Å². The second-order valence-corrected chi connectivity index (χ2v) is 6.48. The molecular formula is C20H26F3N3. The van der Waals surface area contributed by atoms with Crippen LogP contribution in [0.1, 0.15) is 69.6 Å². The maximum Gasteiger partial charge on any atom is 0.416 e. The number of alkyl halides is 3. The maximum atomic E-state index is 12.8. The summed E-state index contributed by atoms with van der Waals surface area (Å²) < 4.78 is 38.3. The molecule has 0 aliphatic rings. The van der Waals surface area contributed by atoms with Gasteiger partial charge in [0.1, 0.15) is 11.6 Å². The van der Waals surface area contributed by atoms with Gasteiger partial charge in [0.2, 0.25) is 0 Å². The van der Waals surface area contributed by atoms with Gasteiger partial charge in [0, 0.05) is 18.4 Å². The van der Waals surface area contributed by atoms with Gasteiger partial charge in [-0.25, -0.2) is 15.0 Å². The normalized spacial score (nSPS) is 11.7. The van der Waals surface area contributed by atoms with Crippen LogP contribution in [0.2, 0.25) is 0 Å². The van der Waals surface area contributed by atoms with Crippen molar-refractivity contribution in [2.45, 2.75) is 71.4 Å². The molecule has 0 saturated carbocycles. The fraction of sp³-hybridized carbons (Fsp3) is 0.550. The third-order valence-electron chi connectivity index (χ3n) is 4.21. The van der Waals surface area contributed by atoms with Gasteiger partial charge in [-0.3, -0.25) is 0 Å². The molecule has 0 N–H and O–H groups in total. The number of nitrogens with zero attached hydrogens (tertiary/aromatic N) is 3. The van der Waals surface area contributed by atoms with E-state index in [-0.39, 0.29) is 0 Å². The number of aromatic nitrogens is 3. The molecule has 6 heteroatoms. The number of hydrogen-bond donors (Lipinski definition) is 0.